The molecule has 2 aromatic carbocycles. The third-order valence-electron chi connectivity index (χ3n) is 7.69. The Balaban J connectivity index is 1.36. The number of hydrogen-bond acceptors (Lipinski definition) is 4. The molecule has 35 heavy (non-hydrogen) atoms. The Morgan fingerprint density at radius 1 is 1.00 bits per heavy atom. The summed E-state index contributed by atoms with van der Waals surface area (Å²) < 4.78 is 5.60. The number of amides is 2. The summed E-state index contributed by atoms with van der Waals surface area (Å²) in [4.78, 5) is 37.2. The predicted molar refractivity (Wildman–Crippen MR) is 133 cm³/mol. The fraction of sp³-hybridized carbons (Fsp3) is 0.464. The van der Waals surface area contributed by atoms with Crippen molar-refractivity contribution in [2.24, 2.45) is 11.3 Å². The number of rotatable bonds is 10. The van der Waals surface area contributed by atoms with Gasteiger partial charge in [0.1, 0.15) is 6.61 Å². The molecule has 186 valence electrons. The minimum absolute atomic E-state index is 0.0377. The Morgan fingerprint density at radius 2 is 1.57 bits per heavy atom. The van der Waals surface area contributed by atoms with Crippen LogP contribution in [0.1, 0.15) is 63.5 Å². The molecule has 1 saturated carbocycles. The van der Waals surface area contributed by atoms with E-state index in [0.717, 1.165) is 35.1 Å². The topological polar surface area (TPSA) is 105 Å². The molecule has 2 aromatic rings. The molecule has 0 heterocycles. The maximum absolute atomic E-state index is 13.2. The molecule has 2 amide bonds. The van der Waals surface area contributed by atoms with Gasteiger partial charge in [0.2, 0.25) is 5.91 Å². The molecule has 0 bridgehead atoms. The van der Waals surface area contributed by atoms with Gasteiger partial charge in [-0.05, 0) is 61.3 Å². The zero-order valence-corrected chi connectivity index (χ0v) is 20.6. The third-order valence-corrected chi connectivity index (χ3v) is 7.69. The molecule has 0 aliphatic heterocycles. The van der Waals surface area contributed by atoms with Gasteiger partial charge >= 0.3 is 12.1 Å². The number of carbonyl (C=O) groups excluding carboxylic acids is 2. The van der Waals surface area contributed by atoms with Crippen LogP contribution in [0.15, 0.2) is 48.5 Å². The Labute approximate surface area is 206 Å². The molecule has 2 aliphatic carbocycles. The van der Waals surface area contributed by atoms with Gasteiger partial charge in [-0.1, -0.05) is 55.5 Å². The highest BCUT2D eigenvalue weighted by Crippen LogP contribution is 2.44. The van der Waals surface area contributed by atoms with Crippen LogP contribution in [0.5, 0.6) is 0 Å². The van der Waals surface area contributed by atoms with Gasteiger partial charge in [0, 0.05) is 12.5 Å². The zero-order chi connectivity index (χ0) is 25.2. The average molecular weight is 479 g/mol. The molecule has 4 rings (SSSR count). The standard InChI is InChI=1S/C28H34N2O5/c1-4-27(2,25(33)30-28(3,15-24(31)32)18-13-14-18)17-29-26(34)35-16-23-21-11-7-5-9-19(21)20-10-6-8-12-22(20)23/h5-12,18,23H,4,13-17H2,1-3H3,(H,29,34)(H,30,33)(H,31,32). The lowest BCUT2D eigenvalue weighted by molar-refractivity contribution is -0.140. The number of ether oxygens (including phenoxy) is 1. The van der Waals surface area contributed by atoms with Crippen molar-refractivity contribution >= 4 is 18.0 Å². The number of aliphatic carboxylic acids is 1. The summed E-state index contributed by atoms with van der Waals surface area (Å²) in [7, 11) is 0. The highest BCUT2D eigenvalue weighted by molar-refractivity contribution is 5.85. The fourth-order valence-electron chi connectivity index (χ4n) is 5.02. The van der Waals surface area contributed by atoms with E-state index in [0.29, 0.717) is 6.42 Å². The molecule has 2 unspecified atom stereocenters. The minimum atomic E-state index is -0.935. The molecule has 7 heteroatoms. The molecule has 0 radical (unpaired) electrons. The molecule has 7 nitrogen and oxygen atoms in total. The summed E-state index contributed by atoms with van der Waals surface area (Å²) >= 11 is 0. The van der Waals surface area contributed by atoms with Gasteiger partial charge in [-0.2, -0.15) is 0 Å². The molecular weight excluding hydrogens is 444 g/mol. The number of alkyl carbamates (subject to hydrolysis) is 1. The van der Waals surface area contributed by atoms with Crippen molar-refractivity contribution in [3.05, 3.63) is 59.7 Å². The number of hydrogen-bond donors (Lipinski definition) is 3. The van der Waals surface area contributed by atoms with Crippen molar-refractivity contribution in [2.75, 3.05) is 13.2 Å². The summed E-state index contributed by atoms with van der Waals surface area (Å²) in [5.74, 6) is -1.06. The van der Waals surface area contributed by atoms with Crippen molar-refractivity contribution in [1.29, 1.82) is 0 Å². The second kappa shape index (κ2) is 9.72. The summed E-state index contributed by atoms with van der Waals surface area (Å²) in [6, 6.07) is 16.3. The van der Waals surface area contributed by atoms with E-state index in [4.69, 9.17) is 4.74 Å². The molecule has 0 aromatic heterocycles. The van der Waals surface area contributed by atoms with Crippen LogP contribution in [0.2, 0.25) is 0 Å². The van der Waals surface area contributed by atoms with Gasteiger partial charge < -0.3 is 20.5 Å². The van der Waals surface area contributed by atoms with Crippen LogP contribution in [0.25, 0.3) is 11.1 Å². The average Bonchev–Trinajstić information content (AvgIpc) is 3.65. The number of nitrogens with one attached hydrogen (secondary N) is 2. The fourth-order valence-corrected chi connectivity index (χ4v) is 5.02. The summed E-state index contributed by atoms with van der Waals surface area (Å²) in [6.07, 6.45) is 1.60. The maximum Gasteiger partial charge on any atom is 0.407 e. The number of carboxylic acid groups (broad SMARTS) is 1. The molecule has 0 spiro atoms. The molecule has 3 N–H and O–H groups in total. The highest BCUT2D eigenvalue weighted by atomic mass is 16.5. The first kappa shape index (κ1) is 24.8. The maximum atomic E-state index is 13.2. The summed E-state index contributed by atoms with van der Waals surface area (Å²) in [6.45, 7) is 5.75. The lowest BCUT2D eigenvalue weighted by Crippen LogP contribution is -2.56. The van der Waals surface area contributed by atoms with E-state index in [9.17, 15) is 19.5 Å². The number of carbonyl (C=O) groups is 3. The first-order chi connectivity index (χ1) is 16.7. The second-order valence-corrected chi connectivity index (χ2v) is 10.3. The first-order valence-electron chi connectivity index (χ1n) is 12.3. The van der Waals surface area contributed by atoms with Gasteiger partial charge in [0.15, 0.2) is 0 Å². The van der Waals surface area contributed by atoms with Gasteiger partial charge in [-0.15, -0.1) is 0 Å². The molecular formula is C28H34N2O5. The third kappa shape index (κ3) is 5.19. The van der Waals surface area contributed by atoms with E-state index in [1.807, 2.05) is 31.2 Å². The van der Waals surface area contributed by atoms with E-state index in [-0.39, 0.29) is 37.3 Å². The van der Waals surface area contributed by atoms with E-state index < -0.39 is 23.0 Å². The van der Waals surface area contributed by atoms with Crippen LogP contribution >= 0.6 is 0 Å². The van der Waals surface area contributed by atoms with Crippen molar-refractivity contribution in [2.45, 2.75) is 57.9 Å². The Bertz CT molecular complexity index is 1080. The zero-order valence-electron chi connectivity index (χ0n) is 20.6. The largest absolute Gasteiger partial charge is 0.481 e. The van der Waals surface area contributed by atoms with Crippen LogP contribution < -0.4 is 10.6 Å². The molecule has 1 fully saturated rings. The smallest absolute Gasteiger partial charge is 0.407 e. The van der Waals surface area contributed by atoms with Crippen LogP contribution in [0, 0.1) is 11.3 Å². The van der Waals surface area contributed by atoms with Crippen molar-refractivity contribution in [3.8, 4) is 11.1 Å². The summed E-state index contributed by atoms with van der Waals surface area (Å²) in [5, 5.41) is 15.1. The molecule has 2 aliphatic rings. The van der Waals surface area contributed by atoms with Crippen LogP contribution in [-0.2, 0) is 14.3 Å². The van der Waals surface area contributed by atoms with E-state index in [1.165, 1.54) is 0 Å². The number of fused-ring (bicyclic) bond motifs is 3. The molecule has 0 saturated heterocycles. The van der Waals surface area contributed by atoms with Gasteiger partial charge in [-0.25, -0.2) is 4.79 Å². The molecule has 2 atom stereocenters. The Kier molecular flexibility index (Phi) is 6.88. The predicted octanol–water partition coefficient (Wildman–Crippen LogP) is 4.70. The van der Waals surface area contributed by atoms with Gasteiger partial charge in [0.05, 0.1) is 17.4 Å². The van der Waals surface area contributed by atoms with Crippen molar-refractivity contribution in [1.82, 2.24) is 10.6 Å². The van der Waals surface area contributed by atoms with Crippen LogP contribution in [-0.4, -0.2) is 41.8 Å². The Morgan fingerprint density at radius 3 is 2.09 bits per heavy atom. The van der Waals surface area contributed by atoms with Crippen LogP contribution in [0.4, 0.5) is 4.79 Å². The van der Waals surface area contributed by atoms with Gasteiger partial charge in [-0.3, -0.25) is 9.59 Å². The SMILES string of the molecule is CCC(C)(CNC(=O)OCC1c2ccccc2-c2ccccc21)C(=O)NC(C)(CC(=O)O)C1CC1. The Hall–Kier alpha value is -3.35. The first-order valence-corrected chi connectivity index (χ1v) is 12.3. The van der Waals surface area contributed by atoms with Crippen molar-refractivity contribution in [3.63, 3.8) is 0 Å². The van der Waals surface area contributed by atoms with E-state index in [2.05, 4.69) is 34.9 Å². The van der Waals surface area contributed by atoms with E-state index >= 15 is 0 Å². The lowest BCUT2D eigenvalue weighted by Gasteiger charge is -2.35. The monoisotopic (exact) mass is 478 g/mol. The van der Waals surface area contributed by atoms with Gasteiger partial charge in [0.25, 0.3) is 0 Å². The van der Waals surface area contributed by atoms with Crippen molar-refractivity contribution < 1.29 is 24.2 Å². The lowest BCUT2D eigenvalue weighted by atomic mass is 9.83. The number of carboxylic acids is 1. The highest BCUT2D eigenvalue weighted by Gasteiger charge is 2.46. The number of benzene rings is 2. The summed E-state index contributed by atoms with van der Waals surface area (Å²) in [5.41, 5.74) is 2.91. The minimum Gasteiger partial charge on any atom is -0.481 e. The normalized spacial score (nSPS) is 17.9. The van der Waals surface area contributed by atoms with E-state index in [1.54, 1.807) is 13.8 Å². The second-order valence-electron chi connectivity index (χ2n) is 10.3. The quantitative estimate of drug-likeness (QED) is 0.459. The van der Waals surface area contributed by atoms with Crippen LogP contribution in [0.3, 0.4) is 0 Å².